The lowest BCUT2D eigenvalue weighted by atomic mass is 10.0. The summed E-state index contributed by atoms with van der Waals surface area (Å²) in [6.07, 6.45) is -4.32. The second-order valence-corrected chi connectivity index (χ2v) is 5.06. The zero-order chi connectivity index (χ0) is 15.0. The number of fused-ring (bicyclic) bond motifs is 2. The largest absolute Gasteiger partial charge is 0.484 e. The Morgan fingerprint density at radius 3 is 2.48 bits per heavy atom. The molecule has 0 aliphatic heterocycles. The van der Waals surface area contributed by atoms with E-state index in [2.05, 4.69) is 0 Å². The van der Waals surface area contributed by atoms with Gasteiger partial charge in [0, 0.05) is 0 Å². The molecule has 0 fully saturated rings. The molecule has 21 heavy (non-hydrogen) atoms. The van der Waals surface area contributed by atoms with Gasteiger partial charge in [0.25, 0.3) is 0 Å². The van der Waals surface area contributed by atoms with Crippen molar-refractivity contribution in [3.05, 3.63) is 54.1 Å². The highest BCUT2D eigenvalue weighted by atomic mass is 19.4. The van der Waals surface area contributed by atoms with E-state index in [0.717, 1.165) is 27.1 Å². The van der Waals surface area contributed by atoms with Crippen molar-refractivity contribution in [2.24, 2.45) is 0 Å². The Hall–Kier alpha value is -2.23. The Labute approximate surface area is 119 Å². The quantitative estimate of drug-likeness (QED) is 0.586. The fourth-order valence-corrected chi connectivity index (χ4v) is 2.41. The van der Waals surface area contributed by atoms with E-state index < -0.39 is 12.8 Å². The van der Waals surface area contributed by atoms with Crippen molar-refractivity contribution >= 4 is 21.5 Å². The van der Waals surface area contributed by atoms with Crippen LogP contribution < -0.4 is 4.74 Å². The molecule has 0 aliphatic carbocycles. The van der Waals surface area contributed by atoms with Gasteiger partial charge in [-0.05, 0) is 58.3 Å². The maximum Gasteiger partial charge on any atom is 0.422 e. The minimum absolute atomic E-state index is 0.229. The van der Waals surface area contributed by atoms with Crippen LogP contribution in [0.3, 0.4) is 0 Å². The standard InChI is InChI=1S/C17H13F3O/c1-11-3-2-4-13-7-12-5-6-15(21-10-17(18,19)20)8-14(12)9-16(11)13/h2-9H,10H2,1H3. The monoisotopic (exact) mass is 290 g/mol. The number of halogens is 3. The topological polar surface area (TPSA) is 9.23 Å². The Morgan fingerprint density at radius 2 is 1.71 bits per heavy atom. The maximum atomic E-state index is 12.2. The van der Waals surface area contributed by atoms with Gasteiger partial charge in [0.2, 0.25) is 0 Å². The van der Waals surface area contributed by atoms with Crippen LogP contribution in [0.25, 0.3) is 21.5 Å². The molecule has 1 nitrogen and oxygen atoms in total. The Kier molecular flexibility index (Phi) is 3.24. The first-order chi connectivity index (χ1) is 9.92. The number of ether oxygens (including phenoxy) is 1. The molecule has 3 rings (SSSR count). The molecule has 0 N–H and O–H groups in total. The zero-order valence-corrected chi connectivity index (χ0v) is 11.4. The van der Waals surface area contributed by atoms with E-state index in [-0.39, 0.29) is 5.75 Å². The lowest BCUT2D eigenvalue weighted by Crippen LogP contribution is -2.19. The molecule has 0 bridgehead atoms. The Balaban J connectivity index is 2.04. The molecule has 0 unspecified atom stereocenters. The van der Waals surface area contributed by atoms with Gasteiger partial charge in [0.05, 0.1) is 0 Å². The number of aryl methyl sites for hydroxylation is 1. The molecular formula is C17H13F3O. The van der Waals surface area contributed by atoms with Gasteiger partial charge in [-0.2, -0.15) is 13.2 Å². The summed E-state index contributed by atoms with van der Waals surface area (Å²) in [6, 6.07) is 15.0. The number of hydrogen-bond donors (Lipinski definition) is 0. The SMILES string of the molecule is Cc1cccc2cc3ccc(OCC(F)(F)F)cc3cc12. The molecule has 108 valence electrons. The predicted molar refractivity (Wildman–Crippen MR) is 77.7 cm³/mol. The van der Waals surface area contributed by atoms with E-state index in [9.17, 15) is 13.2 Å². The van der Waals surface area contributed by atoms with E-state index in [1.54, 1.807) is 18.2 Å². The first kappa shape index (κ1) is 13.7. The molecule has 0 heterocycles. The smallest absolute Gasteiger partial charge is 0.422 e. The van der Waals surface area contributed by atoms with Gasteiger partial charge in [0.15, 0.2) is 6.61 Å². The third-order valence-electron chi connectivity index (χ3n) is 3.43. The average molecular weight is 290 g/mol. The minimum Gasteiger partial charge on any atom is -0.484 e. The Morgan fingerprint density at radius 1 is 0.905 bits per heavy atom. The van der Waals surface area contributed by atoms with Crippen molar-refractivity contribution in [3.63, 3.8) is 0 Å². The van der Waals surface area contributed by atoms with Crippen molar-refractivity contribution in [3.8, 4) is 5.75 Å². The van der Waals surface area contributed by atoms with Crippen LogP contribution in [0, 0.1) is 6.92 Å². The van der Waals surface area contributed by atoms with Gasteiger partial charge in [0.1, 0.15) is 5.75 Å². The first-order valence-corrected chi connectivity index (χ1v) is 6.55. The predicted octanol–water partition coefficient (Wildman–Crippen LogP) is 5.24. The fraction of sp³-hybridized carbons (Fsp3) is 0.176. The molecule has 0 saturated carbocycles. The van der Waals surface area contributed by atoms with Crippen LogP contribution in [-0.4, -0.2) is 12.8 Å². The second-order valence-electron chi connectivity index (χ2n) is 5.06. The fourth-order valence-electron chi connectivity index (χ4n) is 2.41. The molecule has 3 aromatic rings. The number of hydrogen-bond acceptors (Lipinski definition) is 1. The maximum absolute atomic E-state index is 12.2. The molecule has 0 spiro atoms. The Bertz CT molecular complexity index is 806. The highest BCUT2D eigenvalue weighted by Crippen LogP contribution is 2.28. The molecule has 0 atom stereocenters. The summed E-state index contributed by atoms with van der Waals surface area (Å²) in [5.41, 5.74) is 1.14. The molecular weight excluding hydrogens is 277 g/mol. The van der Waals surface area contributed by atoms with Crippen LogP contribution in [-0.2, 0) is 0 Å². The van der Waals surface area contributed by atoms with Gasteiger partial charge in [-0.25, -0.2) is 0 Å². The van der Waals surface area contributed by atoms with Gasteiger partial charge >= 0.3 is 6.18 Å². The lowest BCUT2D eigenvalue weighted by Gasteiger charge is -2.10. The van der Waals surface area contributed by atoms with Crippen molar-refractivity contribution in [2.45, 2.75) is 13.1 Å². The van der Waals surface area contributed by atoms with E-state index in [1.807, 2.05) is 37.3 Å². The normalized spacial score (nSPS) is 12.0. The summed E-state index contributed by atoms with van der Waals surface area (Å²) < 4.78 is 41.4. The summed E-state index contributed by atoms with van der Waals surface area (Å²) in [5.74, 6) is 0.229. The molecule has 0 aliphatic rings. The second kappa shape index (κ2) is 4.95. The van der Waals surface area contributed by atoms with Crippen LogP contribution in [0.4, 0.5) is 13.2 Å². The number of rotatable bonds is 2. The molecule has 0 radical (unpaired) electrons. The van der Waals surface area contributed by atoms with Crippen LogP contribution in [0.1, 0.15) is 5.56 Å². The summed E-state index contributed by atoms with van der Waals surface area (Å²) in [6.45, 7) is 0.739. The van der Waals surface area contributed by atoms with Crippen molar-refractivity contribution in [1.82, 2.24) is 0 Å². The van der Waals surface area contributed by atoms with E-state index in [0.29, 0.717) is 0 Å². The summed E-state index contributed by atoms with van der Waals surface area (Å²) in [7, 11) is 0. The first-order valence-electron chi connectivity index (χ1n) is 6.55. The molecule has 0 amide bonds. The van der Waals surface area contributed by atoms with Crippen LogP contribution in [0.15, 0.2) is 48.5 Å². The van der Waals surface area contributed by atoms with Gasteiger partial charge in [-0.3, -0.25) is 0 Å². The van der Waals surface area contributed by atoms with Crippen LogP contribution in [0.2, 0.25) is 0 Å². The highest BCUT2D eigenvalue weighted by Gasteiger charge is 2.28. The third kappa shape index (κ3) is 2.94. The lowest BCUT2D eigenvalue weighted by molar-refractivity contribution is -0.153. The number of alkyl halides is 3. The van der Waals surface area contributed by atoms with Crippen molar-refractivity contribution in [1.29, 1.82) is 0 Å². The minimum atomic E-state index is -4.32. The van der Waals surface area contributed by atoms with Crippen molar-refractivity contribution < 1.29 is 17.9 Å². The highest BCUT2D eigenvalue weighted by molar-refractivity contribution is 5.99. The van der Waals surface area contributed by atoms with Crippen molar-refractivity contribution in [2.75, 3.05) is 6.61 Å². The molecule has 3 aromatic carbocycles. The van der Waals surface area contributed by atoms with Gasteiger partial charge in [-0.15, -0.1) is 0 Å². The summed E-state index contributed by atoms with van der Waals surface area (Å²) >= 11 is 0. The average Bonchev–Trinajstić information content (AvgIpc) is 2.43. The summed E-state index contributed by atoms with van der Waals surface area (Å²) in [4.78, 5) is 0. The molecule has 0 aromatic heterocycles. The van der Waals surface area contributed by atoms with Gasteiger partial charge in [-0.1, -0.05) is 24.3 Å². The van der Waals surface area contributed by atoms with E-state index in [4.69, 9.17) is 4.74 Å². The van der Waals surface area contributed by atoms with E-state index in [1.165, 1.54) is 0 Å². The zero-order valence-electron chi connectivity index (χ0n) is 11.4. The van der Waals surface area contributed by atoms with Crippen LogP contribution >= 0.6 is 0 Å². The summed E-state index contributed by atoms with van der Waals surface area (Å²) in [5, 5.41) is 4.06. The molecule has 0 saturated heterocycles. The van der Waals surface area contributed by atoms with Gasteiger partial charge < -0.3 is 4.74 Å². The third-order valence-corrected chi connectivity index (χ3v) is 3.43. The van der Waals surface area contributed by atoms with Crippen LogP contribution in [0.5, 0.6) is 5.75 Å². The molecule has 4 heteroatoms. The van der Waals surface area contributed by atoms with E-state index >= 15 is 0 Å². The number of benzene rings is 3.